The molecule has 0 spiro atoms. The van der Waals surface area contributed by atoms with Gasteiger partial charge in [0.1, 0.15) is 12.4 Å². The summed E-state index contributed by atoms with van der Waals surface area (Å²) in [5, 5.41) is 8.60. The smallest absolute Gasteiger partial charge is 0.257 e. The summed E-state index contributed by atoms with van der Waals surface area (Å²) in [6.45, 7) is 4.92. The minimum absolute atomic E-state index is 0.0244. The van der Waals surface area contributed by atoms with Gasteiger partial charge < -0.3 is 20.1 Å². The van der Waals surface area contributed by atoms with Crippen molar-refractivity contribution in [3.8, 4) is 5.75 Å². The van der Waals surface area contributed by atoms with E-state index >= 15 is 0 Å². The standard InChI is InChI=1S/C22H27N3O4S/c1-15(2)14-20(26)23-17-6-8-18(9-7-17)24-22(30)25-21(27)16-4-10-19(11-5-16)29-13-12-28-3/h4-11,15H,12-14H2,1-3H3,(H,23,26)(H2,24,25,27,30). The normalized spacial score (nSPS) is 10.4. The predicted octanol–water partition coefficient (Wildman–Crippen LogP) is 3.82. The van der Waals surface area contributed by atoms with Crippen LogP contribution in [0.2, 0.25) is 0 Å². The molecule has 0 radical (unpaired) electrons. The van der Waals surface area contributed by atoms with Crippen molar-refractivity contribution in [1.82, 2.24) is 5.32 Å². The van der Waals surface area contributed by atoms with E-state index in [9.17, 15) is 9.59 Å². The van der Waals surface area contributed by atoms with Crippen LogP contribution in [0.4, 0.5) is 11.4 Å². The molecule has 0 aliphatic carbocycles. The van der Waals surface area contributed by atoms with E-state index in [-0.39, 0.29) is 16.9 Å². The molecule has 0 aliphatic rings. The predicted molar refractivity (Wildman–Crippen MR) is 122 cm³/mol. The number of hydrogen-bond acceptors (Lipinski definition) is 5. The molecular formula is C22H27N3O4S. The van der Waals surface area contributed by atoms with E-state index in [1.165, 1.54) is 0 Å². The third-order valence-electron chi connectivity index (χ3n) is 3.92. The molecule has 2 rings (SSSR count). The van der Waals surface area contributed by atoms with E-state index in [2.05, 4.69) is 16.0 Å². The summed E-state index contributed by atoms with van der Waals surface area (Å²) >= 11 is 5.21. The molecule has 7 nitrogen and oxygen atoms in total. The average Bonchev–Trinajstić information content (AvgIpc) is 2.69. The molecule has 2 aromatic carbocycles. The molecule has 3 N–H and O–H groups in total. The lowest BCUT2D eigenvalue weighted by Gasteiger charge is -2.11. The molecule has 0 atom stereocenters. The first-order valence-electron chi connectivity index (χ1n) is 9.61. The molecule has 0 saturated heterocycles. The molecule has 0 bridgehead atoms. The van der Waals surface area contributed by atoms with Crippen molar-refractivity contribution in [2.45, 2.75) is 20.3 Å². The van der Waals surface area contributed by atoms with Crippen molar-refractivity contribution >= 4 is 40.5 Å². The molecule has 0 saturated carbocycles. The fraction of sp³-hybridized carbons (Fsp3) is 0.318. The number of methoxy groups -OCH3 is 1. The second-order valence-electron chi connectivity index (χ2n) is 7.00. The van der Waals surface area contributed by atoms with Gasteiger partial charge in [0, 0.05) is 30.5 Å². The number of carbonyl (C=O) groups is 2. The zero-order chi connectivity index (χ0) is 21.9. The Bertz CT molecular complexity index is 852. The molecule has 0 unspecified atom stereocenters. The minimum atomic E-state index is -0.325. The van der Waals surface area contributed by atoms with Gasteiger partial charge >= 0.3 is 0 Å². The second kappa shape index (κ2) is 11.9. The minimum Gasteiger partial charge on any atom is -0.491 e. The largest absolute Gasteiger partial charge is 0.491 e. The molecule has 0 aromatic heterocycles. The van der Waals surface area contributed by atoms with Crippen LogP contribution in [0.5, 0.6) is 5.75 Å². The third kappa shape index (κ3) is 8.18. The van der Waals surface area contributed by atoms with Crippen molar-refractivity contribution in [2.75, 3.05) is 31.0 Å². The van der Waals surface area contributed by atoms with Crippen LogP contribution in [0, 0.1) is 5.92 Å². The highest BCUT2D eigenvalue weighted by Gasteiger charge is 2.09. The SMILES string of the molecule is COCCOc1ccc(C(=O)NC(=S)Nc2ccc(NC(=O)CC(C)C)cc2)cc1. The Labute approximate surface area is 182 Å². The van der Waals surface area contributed by atoms with Gasteiger partial charge in [-0.25, -0.2) is 0 Å². The Morgan fingerprint density at radius 2 is 1.53 bits per heavy atom. The highest BCUT2D eigenvalue weighted by Crippen LogP contribution is 2.15. The summed E-state index contributed by atoms with van der Waals surface area (Å²) in [5.41, 5.74) is 1.86. The fourth-order valence-corrected chi connectivity index (χ4v) is 2.71. The lowest BCUT2D eigenvalue weighted by molar-refractivity contribution is -0.116. The van der Waals surface area contributed by atoms with E-state index in [0.29, 0.717) is 48.2 Å². The van der Waals surface area contributed by atoms with Crippen molar-refractivity contribution in [3.05, 3.63) is 54.1 Å². The number of amides is 2. The van der Waals surface area contributed by atoms with Crippen LogP contribution in [-0.2, 0) is 9.53 Å². The Morgan fingerprint density at radius 1 is 0.933 bits per heavy atom. The molecule has 2 aromatic rings. The van der Waals surface area contributed by atoms with Crippen molar-refractivity contribution in [1.29, 1.82) is 0 Å². The van der Waals surface area contributed by atoms with Gasteiger partial charge in [-0.05, 0) is 66.7 Å². The van der Waals surface area contributed by atoms with Gasteiger partial charge in [0.25, 0.3) is 5.91 Å². The van der Waals surface area contributed by atoms with Gasteiger partial charge in [-0.2, -0.15) is 0 Å². The Kier molecular flexibility index (Phi) is 9.24. The number of nitrogens with one attached hydrogen (secondary N) is 3. The summed E-state index contributed by atoms with van der Waals surface area (Å²) in [6, 6.07) is 13.8. The summed E-state index contributed by atoms with van der Waals surface area (Å²) in [4.78, 5) is 24.2. The van der Waals surface area contributed by atoms with Crippen LogP contribution in [0.1, 0.15) is 30.6 Å². The third-order valence-corrected chi connectivity index (χ3v) is 4.12. The maximum atomic E-state index is 12.3. The lowest BCUT2D eigenvalue weighted by atomic mass is 10.1. The van der Waals surface area contributed by atoms with Gasteiger partial charge in [0.2, 0.25) is 5.91 Å². The monoisotopic (exact) mass is 429 g/mol. The van der Waals surface area contributed by atoms with E-state index in [1.54, 1.807) is 55.6 Å². The van der Waals surface area contributed by atoms with Gasteiger partial charge in [-0.1, -0.05) is 13.8 Å². The first-order valence-corrected chi connectivity index (χ1v) is 10.0. The fourth-order valence-electron chi connectivity index (χ4n) is 2.50. The summed E-state index contributed by atoms with van der Waals surface area (Å²) in [7, 11) is 1.61. The van der Waals surface area contributed by atoms with Gasteiger partial charge in [-0.15, -0.1) is 0 Å². The molecule has 0 aliphatic heterocycles. The van der Waals surface area contributed by atoms with E-state index in [1.807, 2.05) is 13.8 Å². The number of anilines is 2. The summed E-state index contributed by atoms with van der Waals surface area (Å²) in [5.74, 6) is 0.605. The maximum Gasteiger partial charge on any atom is 0.257 e. The lowest BCUT2D eigenvalue weighted by Crippen LogP contribution is -2.34. The zero-order valence-corrected chi connectivity index (χ0v) is 18.2. The Morgan fingerprint density at radius 3 is 2.10 bits per heavy atom. The van der Waals surface area contributed by atoms with E-state index < -0.39 is 0 Å². The number of hydrogen-bond donors (Lipinski definition) is 3. The first-order chi connectivity index (χ1) is 14.4. The van der Waals surface area contributed by atoms with Crippen molar-refractivity contribution < 1.29 is 19.1 Å². The van der Waals surface area contributed by atoms with Gasteiger partial charge in [-0.3, -0.25) is 14.9 Å². The van der Waals surface area contributed by atoms with Crippen molar-refractivity contribution in [2.24, 2.45) is 5.92 Å². The van der Waals surface area contributed by atoms with Gasteiger partial charge in [0.05, 0.1) is 6.61 Å². The zero-order valence-electron chi connectivity index (χ0n) is 17.4. The molecular weight excluding hydrogens is 402 g/mol. The molecule has 2 amide bonds. The average molecular weight is 430 g/mol. The van der Waals surface area contributed by atoms with E-state index in [4.69, 9.17) is 21.7 Å². The highest BCUT2D eigenvalue weighted by molar-refractivity contribution is 7.80. The van der Waals surface area contributed by atoms with Crippen molar-refractivity contribution in [3.63, 3.8) is 0 Å². The number of thiocarbonyl (C=S) groups is 1. The molecule has 30 heavy (non-hydrogen) atoms. The number of carbonyl (C=O) groups excluding carboxylic acids is 2. The molecule has 8 heteroatoms. The summed E-state index contributed by atoms with van der Waals surface area (Å²) in [6.07, 6.45) is 0.469. The number of benzene rings is 2. The van der Waals surface area contributed by atoms with Crippen LogP contribution in [0.15, 0.2) is 48.5 Å². The maximum absolute atomic E-state index is 12.3. The molecule has 0 heterocycles. The highest BCUT2D eigenvalue weighted by atomic mass is 32.1. The van der Waals surface area contributed by atoms with E-state index in [0.717, 1.165) is 0 Å². The second-order valence-corrected chi connectivity index (χ2v) is 7.41. The van der Waals surface area contributed by atoms with Crippen LogP contribution in [-0.4, -0.2) is 37.3 Å². The van der Waals surface area contributed by atoms with Crippen LogP contribution in [0.25, 0.3) is 0 Å². The quantitative estimate of drug-likeness (QED) is 0.415. The first kappa shape index (κ1) is 23.3. The topological polar surface area (TPSA) is 88.7 Å². The summed E-state index contributed by atoms with van der Waals surface area (Å²) < 4.78 is 10.4. The Hall–Kier alpha value is -2.97. The number of ether oxygens (including phenoxy) is 2. The van der Waals surface area contributed by atoms with Crippen LogP contribution in [0.3, 0.4) is 0 Å². The van der Waals surface area contributed by atoms with Crippen LogP contribution < -0.4 is 20.7 Å². The number of rotatable bonds is 9. The van der Waals surface area contributed by atoms with Gasteiger partial charge in [0.15, 0.2) is 5.11 Å². The molecule has 160 valence electrons. The van der Waals surface area contributed by atoms with Crippen LogP contribution >= 0.6 is 12.2 Å². The molecule has 0 fully saturated rings. The Balaban J connectivity index is 1.83.